The predicted molar refractivity (Wildman–Crippen MR) is 59.3 cm³/mol. The molecule has 18 heavy (non-hydrogen) atoms. The van der Waals surface area contributed by atoms with Crippen molar-refractivity contribution in [3.05, 3.63) is 35.5 Å². The van der Waals surface area contributed by atoms with Crippen molar-refractivity contribution in [2.45, 2.75) is 19.0 Å². The van der Waals surface area contributed by atoms with Gasteiger partial charge in [0.15, 0.2) is 0 Å². The summed E-state index contributed by atoms with van der Waals surface area (Å²) in [6.45, 7) is 0. The Morgan fingerprint density at radius 3 is 2.61 bits per heavy atom. The topological polar surface area (TPSA) is 53.1 Å². The third-order valence-electron chi connectivity index (χ3n) is 2.61. The van der Waals surface area contributed by atoms with E-state index in [0.29, 0.717) is 16.6 Å². The summed E-state index contributed by atoms with van der Waals surface area (Å²) in [4.78, 5) is 13.3. The van der Waals surface area contributed by atoms with Gasteiger partial charge in [0.25, 0.3) is 0 Å². The maximum absolute atomic E-state index is 12.5. The van der Waals surface area contributed by atoms with E-state index in [4.69, 9.17) is 5.11 Å². The SMILES string of the molecule is O=C(O)CCc1cc2cc(C(F)(F)F)ccc2[nH]1. The second-order valence-corrected chi connectivity index (χ2v) is 3.99. The van der Waals surface area contributed by atoms with E-state index in [1.54, 1.807) is 6.07 Å². The van der Waals surface area contributed by atoms with Gasteiger partial charge in [0, 0.05) is 16.6 Å². The number of benzene rings is 1. The molecule has 3 nitrogen and oxygen atoms in total. The molecule has 0 atom stereocenters. The number of halogens is 3. The molecule has 0 unspecified atom stereocenters. The first-order valence-corrected chi connectivity index (χ1v) is 5.27. The third-order valence-corrected chi connectivity index (χ3v) is 2.61. The molecule has 0 aliphatic carbocycles. The highest BCUT2D eigenvalue weighted by Crippen LogP contribution is 2.31. The van der Waals surface area contributed by atoms with Crippen molar-refractivity contribution >= 4 is 16.9 Å². The Kier molecular flexibility index (Phi) is 3.02. The number of aromatic amines is 1. The number of nitrogens with one attached hydrogen (secondary N) is 1. The molecule has 0 aliphatic rings. The molecule has 0 bridgehead atoms. The molecule has 1 aromatic heterocycles. The molecule has 0 saturated heterocycles. The molecule has 2 aromatic rings. The molecule has 0 fully saturated rings. The summed E-state index contributed by atoms with van der Waals surface area (Å²) in [7, 11) is 0. The summed E-state index contributed by atoms with van der Waals surface area (Å²) in [6, 6.07) is 4.95. The number of hydrogen-bond acceptors (Lipinski definition) is 1. The fourth-order valence-electron chi connectivity index (χ4n) is 1.75. The van der Waals surface area contributed by atoms with Gasteiger partial charge in [-0.1, -0.05) is 0 Å². The first-order chi connectivity index (χ1) is 8.36. The number of rotatable bonds is 3. The summed E-state index contributed by atoms with van der Waals surface area (Å²) in [6.07, 6.45) is -4.16. The van der Waals surface area contributed by atoms with Gasteiger partial charge >= 0.3 is 12.1 Å². The minimum atomic E-state index is -4.37. The van der Waals surface area contributed by atoms with Crippen molar-refractivity contribution in [3.63, 3.8) is 0 Å². The highest BCUT2D eigenvalue weighted by Gasteiger charge is 2.30. The summed E-state index contributed by atoms with van der Waals surface area (Å²) in [5.41, 5.74) is 0.480. The van der Waals surface area contributed by atoms with Crippen molar-refractivity contribution in [2.75, 3.05) is 0 Å². The van der Waals surface area contributed by atoms with Gasteiger partial charge in [-0.3, -0.25) is 4.79 Å². The number of carboxylic acids is 1. The molecule has 0 radical (unpaired) electrons. The van der Waals surface area contributed by atoms with Crippen LogP contribution in [-0.4, -0.2) is 16.1 Å². The number of alkyl halides is 3. The maximum atomic E-state index is 12.5. The fourth-order valence-corrected chi connectivity index (χ4v) is 1.75. The largest absolute Gasteiger partial charge is 0.481 e. The Morgan fingerprint density at radius 2 is 2.00 bits per heavy atom. The molecule has 1 aromatic carbocycles. The van der Waals surface area contributed by atoms with Crippen molar-refractivity contribution in [1.82, 2.24) is 4.98 Å². The fraction of sp³-hybridized carbons (Fsp3) is 0.250. The Bertz CT molecular complexity index is 587. The number of fused-ring (bicyclic) bond motifs is 1. The minimum Gasteiger partial charge on any atom is -0.481 e. The van der Waals surface area contributed by atoms with Crippen molar-refractivity contribution < 1.29 is 23.1 Å². The number of carbonyl (C=O) groups is 1. The minimum absolute atomic E-state index is 0.0566. The van der Waals surface area contributed by atoms with Crippen molar-refractivity contribution in [3.8, 4) is 0 Å². The Balaban J connectivity index is 2.31. The zero-order chi connectivity index (χ0) is 13.3. The van der Waals surface area contributed by atoms with Crippen LogP contribution in [0.15, 0.2) is 24.3 Å². The number of aromatic nitrogens is 1. The number of H-pyrrole nitrogens is 1. The summed E-state index contributed by atoms with van der Waals surface area (Å²) in [5.74, 6) is -0.940. The van der Waals surface area contributed by atoms with Crippen LogP contribution in [0, 0.1) is 0 Å². The zero-order valence-corrected chi connectivity index (χ0v) is 9.21. The first-order valence-electron chi connectivity index (χ1n) is 5.27. The molecule has 0 spiro atoms. The van der Waals surface area contributed by atoms with E-state index in [0.717, 1.165) is 12.1 Å². The average molecular weight is 257 g/mol. The summed E-state index contributed by atoms with van der Waals surface area (Å²) < 4.78 is 37.5. The molecular weight excluding hydrogens is 247 g/mol. The normalized spacial score (nSPS) is 11.9. The van der Waals surface area contributed by atoms with Crippen molar-refractivity contribution in [1.29, 1.82) is 0 Å². The van der Waals surface area contributed by atoms with Gasteiger partial charge in [0.1, 0.15) is 0 Å². The molecule has 6 heteroatoms. The average Bonchev–Trinajstić information content (AvgIpc) is 2.66. The van der Waals surface area contributed by atoms with Gasteiger partial charge in [-0.05, 0) is 30.7 Å². The summed E-state index contributed by atoms with van der Waals surface area (Å²) in [5, 5.41) is 8.97. The van der Waals surface area contributed by atoms with Crippen LogP contribution in [-0.2, 0) is 17.4 Å². The molecule has 0 aliphatic heterocycles. The van der Waals surface area contributed by atoms with Crippen LogP contribution in [0.2, 0.25) is 0 Å². The lowest BCUT2D eigenvalue weighted by Gasteiger charge is -2.05. The molecule has 96 valence electrons. The van der Waals surface area contributed by atoms with Crippen LogP contribution in [0.5, 0.6) is 0 Å². The van der Waals surface area contributed by atoms with Gasteiger partial charge in [0.2, 0.25) is 0 Å². The van der Waals surface area contributed by atoms with Crippen LogP contribution >= 0.6 is 0 Å². The van der Waals surface area contributed by atoms with Crippen LogP contribution in [0.4, 0.5) is 13.2 Å². The molecule has 2 rings (SSSR count). The highest BCUT2D eigenvalue weighted by molar-refractivity contribution is 5.81. The van der Waals surface area contributed by atoms with E-state index in [-0.39, 0.29) is 12.8 Å². The van der Waals surface area contributed by atoms with Crippen LogP contribution in [0.25, 0.3) is 10.9 Å². The van der Waals surface area contributed by atoms with Crippen molar-refractivity contribution in [2.24, 2.45) is 0 Å². The second kappa shape index (κ2) is 4.36. The molecule has 0 saturated carbocycles. The molecular formula is C12H10F3NO2. The number of hydrogen-bond donors (Lipinski definition) is 2. The maximum Gasteiger partial charge on any atom is 0.416 e. The number of carboxylic acid groups (broad SMARTS) is 1. The quantitative estimate of drug-likeness (QED) is 0.887. The lowest BCUT2D eigenvalue weighted by molar-refractivity contribution is -0.138. The van der Waals surface area contributed by atoms with Gasteiger partial charge in [-0.25, -0.2) is 0 Å². The van der Waals surface area contributed by atoms with Gasteiger partial charge < -0.3 is 10.1 Å². The molecule has 2 N–H and O–H groups in total. The smallest absolute Gasteiger partial charge is 0.416 e. The molecule has 0 amide bonds. The van der Waals surface area contributed by atoms with Crippen LogP contribution in [0.1, 0.15) is 17.7 Å². The number of aryl methyl sites for hydroxylation is 1. The third kappa shape index (κ3) is 2.64. The van der Waals surface area contributed by atoms with Gasteiger partial charge in [-0.2, -0.15) is 13.2 Å². The van der Waals surface area contributed by atoms with Gasteiger partial charge in [0.05, 0.1) is 12.0 Å². The number of aliphatic carboxylic acids is 1. The van der Waals surface area contributed by atoms with Crippen LogP contribution in [0.3, 0.4) is 0 Å². The zero-order valence-electron chi connectivity index (χ0n) is 9.21. The second-order valence-electron chi connectivity index (χ2n) is 3.99. The Morgan fingerprint density at radius 1 is 1.28 bits per heavy atom. The summed E-state index contributed by atoms with van der Waals surface area (Å²) >= 11 is 0. The van der Waals surface area contributed by atoms with Crippen LogP contribution < -0.4 is 0 Å². The van der Waals surface area contributed by atoms with E-state index < -0.39 is 17.7 Å². The Hall–Kier alpha value is -1.98. The Labute approximate surface area is 100 Å². The van der Waals surface area contributed by atoms with E-state index in [1.165, 1.54) is 6.07 Å². The first kappa shape index (κ1) is 12.5. The monoisotopic (exact) mass is 257 g/mol. The van der Waals surface area contributed by atoms with E-state index in [9.17, 15) is 18.0 Å². The van der Waals surface area contributed by atoms with E-state index in [2.05, 4.69) is 4.98 Å². The van der Waals surface area contributed by atoms with E-state index in [1.807, 2.05) is 0 Å². The standard InChI is InChI=1S/C12H10F3NO2/c13-12(14,15)8-1-3-10-7(5-8)6-9(16-10)2-4-11(17)18/h1,3,5-6,16H,2,4H2,(H,17,18). The van der Waals surface area contributed by atoms with Gasteiger partial charge in [-0.15, -0.1) is 0 Å². The molecule has 1 heterocycles. The predicted octanol–water partition coefficient (Wildman–Crippen LogP) is 3.20. The highest BCUT2D eigenvalue weighted by atomic mass is 19.4. The lowest BCUT2D eigenvalue weighted by Crippen LogP contribution is -2.03. The lowest BCUT2D eigenvalue weighted by atomic mass is 10.1. The van der Waals surface area contributed by atoms with E-state index >= 15 is 0 Å².